The molecule has 0 radical (unpaired) electrons. The highest BCUT2D eigenvalue weighted by Crippen LogP contribution is 2.29. The summed E-state index contributed by atoms with van der Waals surface area (Å²) in [7, 11) is 1.50. The molecule has 6 nitrogen and oxygen atoms in total. The average molecular weight is 384 g/mol. The van der Waals surface area contributed by atoms with Gasteiger partial charge in [0.25, 0.3) is 0 Å². The molecule has 0 saturated heterocycles. The zero-order chi connectivity index (χ0) is 19.6. The van der Waals surface area contributed by atoms with Gasteiger partial charge < -0.3 is 9.47 Å². The first-order valence-electron chi connectivity index (χ1n) is 8.36. The van der Waals surface area contributed by atoms with E-state index in [1.165, 1.54) is 25.4 Å². The molecule has 2 aromatic heterocycles. The summed E-state index contributed by atoms with van der Waals surface area (Å²) in [5, 5.41) is 2.72. The third kappa shape index (κ3) is 3.78. The van der Waals surface area contributed by atoms with Crippen LogP contribution in [0.2, 0.25) is 0 Å². The first-order valence-corrected chi connectivity index (χ1v) is 9.24. The maximum Gasteiger partial charge on any atom is 0.202 e. The Bertz CT molecular complexity index is 990. The average Bonchev–Trinajstić information content (AvgIpc) is 3.27. The minimum absolute atomic E-state index is 0.0643. The smallest absolute Gasteiger partial charge is 0.202 e. The first kappa shape index (κ1) is 18.8. The second-order valence-electron chi connectivity index (χ2n) is 6.07. The Morgan fingerprint density at radius 3 is 2.59 bits per heavy atom. The van der Waals surface area contributed by atoms with Gasteiger partial charge in [-0.3, -0.25) is 14.2 Å². The Labute approximate surface area is 161 Å². The molecule has 27 heavy (non-hydrogen) atoms. The normalized spacial score (nSPS) is 10.7. The number of hydrogen-bond donors (Lipinski definition) is 0. The second-order valence-corrected chi connectivity index (χ2v) is 6.94. The van der Waals surface area contributed by atoms with Gasteiger partial charge in [0.05, 0.1) is 7.11 Å². The maximum absolute atomic E-state index is 12.7. The van der Waals surface area contributed by atoms with Crippen molar-refractivity contribution in [1.82, 2.24) is 9.55 Å². The monoisotopic (exact) mass is 384 g/mol. The van der Waals surface area contributed by atoms with Crippen molar-refractivity contribution in [2.75, 3.05) is 13.7 Å². The largest absolute Gasteiger partial charge is 0.493 e. The Balaban J connectivity index is 1.79. The number of nitrogens with zero attached hydrogens (tertiary/aromatic N) is 2. The maximum atomic E-state index is 12.7. The highest BCUT2D eigenvalue weighted by molar-refractivity contribution is 7.12. The zero-order valence-electron chi connectivity index (χ0n) is 15.6. The number of Topliss-reactive ketones (excluding diaryl/α,β-unsaturated/α-hetero) is 2. The summed E-state index contributed by atoms with van der Waals surface area (Å²) in [6.07, 6.45) is 1.74. The molecule has 0 spiro atoms. The molecule has 0 amide bonds. The Kier molecular flexibility index (Phi) is 5.41. The van der Waals surface area contributed by atoms with E-state index in [0.29, 0.717) is 22.6 Å². The molecule has 2 heterocycles. The lowest BCUT2D eigenvalue weighted by Crippen LogP contribution is -2.13. The summed E-state index contributed by atoms with van der Waals surface area (Å²) in [6, 6.07) is 6.75. The van der Waals surface area contributed by atoms with Gasteiger partial charge in [-0.1, -0.05) is 0 Å². The number of ketones is 2. The van der Waals surface area contributed by atoms with Crippen molar-refractivity contribution in [3.05, 3.63) is 58.4 Å². The van der Waals surface area contributed by atoms with Gasteiger partial charge in [-0.25, -0.2) is 4.98 Å². The van der Waals surface area contributed by atoms with Gasteiger partial charge in [-0.15, -0.1) is 11.3 Å². The lowest BCUT2D eigenvalue weighted by Gasteiger charge is -2.11. The number of hydrogen-bond acceptors (Lipinski definition) is 6. The van der Waals surface area contributed by atoms with E-state index < -0.39 is 0 Å². The molecule has 7 heteroatoms. The fraction of sp³-hybridized carbons (Fsp3) is 0.250. The van der Waals surface area contributed by atoms with Gasteiger partial charge in [0.15, 0.2) is 29.0 Å². The van der Waals surface area contributed by atoms with Crippen LogP contribution in [0.15, 0.2) is 35.8 Å². The van der Waals surface area contributed by atoms with Crippen LogP contribution in [0.25, 0.3) is 5.13 Å². The van der Waals surface area contributed by atoms with Crippen molar-refractivity contribution >= 4 is 22.9 Å². The van der Waals surface area contributed by atoms with Gasteiger partial charge >= 0.3 is 0 Å². The fourth-order valence-corrected chi connectivity index (χ4v) is 3.64. The van der Waals surface area contributed by atoms with E-state index in [0.717, 1.165) is 16.5 Å². The van der Waals surface area contributed by atoms with Gasteiger partial charge in [-0.05, 0) is 45.0 Å². The summed E-state index contributed by atoms with van der Waals surface area (Å²) in [4.78, 5) is 28.5. The van der Waals surface area contributed by atoms with Crippen LogP contribution in [0.4, 0.5) is 0 Å². The van der Waals surface area contributed by atoms with Gasteiger partial charge in [0.1, 0.15) is 0 Å². The summed E-state index contributed by atoms with van der Waals surface area (Å²) < 4.78 is 12.9. The molecule has 0 bridgehead atoms. The van der Waals surface area contributed by atoms with Gasteiger partial charge in [0, 0.05) is 34.1 Å². The molecule has 3 aromatic rings. The van der Waals surface area contributed by atoms with E-state index >= 15 is 0 Å². The van der Waals surface area contributed by atoms with Crippen LogP contribution < -0.4 is 9.47 Å². The third-order valence-corrected chi connectivity index (χ3v) is 5.03. The molecule has 0 aliphatic heterocycles. The number of carbonyl (C=O) groups excluding carboxylic acids is 2. The predicted molar refractivity (Wildman–Crippen MR) is 104 cm³/mol. The summed E-state index contributed by atoms with van der Waals surface area (Å²) in [5.41, 5.74) is 2.89. The molecule has 1 aromatic carbocycles. The van der Waals surface area contributed by atoms with Crippen LogP contribution in [0.5, 0.6) is 11.5 Å². The Morgan fingerprint density at radius 2 is 1.96 bits per heavy atom. The SMILES string of the molecule is COc1cc(C(C)=O)ccc1OCC(=O)c1cc(C)n(-c2nccs2)c1C. The van der Waals surface area contributed by atoms with E-state index in [1.54, 1.807) is 24.4 Å². The highest BCUT2D eigenvalue weighted by atomic mass is 32.1. The minimum Gasteiger partial charge on any atom is -0.493 e. The first-order chi connectivity index (χ1) is 12.9. The van der Waals surface area contributed by atoms with Crippen molar-refractivity contribution in [2.24, 2.45) is 0 Å². The molecular formula is C20H20N2O4S. The number of thiazole rings is 1. The van der Waals surface area contributed by atoms with E-state index in [1.807, 2.05) is 29.9 Å². The van der Waals surface area contributed by atoms with Crippen molar-refractivity contribution in [2.45, 2.75) is 20.8 Å². The number of carbonyl (C=O) groups is 2. The quantitative estimate of drug-likeness (QED) is 0.575. The molecule has 0 aliphatic rings. The Hall–Kier alpha value is -2.93. The number of aromatic nitrogens is 2. The van der Waals surface area contributed by atoms with E-state index in [2.05, 4.69) is 4.98 Å². The molecule has 0 atom stereocenters. The molecule has 3 rings (SSSR count). The van der Waals surface area contributed by atoms with Crippen molar-refractivity contribution < 1.29 is 19.1 Å². The number of rotatable bonds is 7. The highest BCUT2D eigenvalue weighted by Gasteiger charge is 2.19. The summed E-state index contributed by atoms with van der Waals surface area (Å²) >= 11 is 1.51. The number of ether oxygens (including phenoxy) is 2. The van der Waals surface area contributed by atoms with Crippen molar-refractivity contribution in [1.29, 1.82) is 0 Å². The number of methoxy groups -OCH3 is 1. The van der Waals surface area contributed by atoms with E-state index in [-0.39, 0.29) is 18.2 Å². The molecule has 0 N–H and O–H groups in total. The molecule has 140 valence electrons. The van der Waals surface area contributed by atoms with Crippen LogP contribution in [0, 0.1) is 13.8 Å². The van der Waals surface area contributed by atoms with E-state index in [9.17, 15) is 9.59 Å². The molecule has 0 saturated carbocycles. The van der Waals surface area contributed by atoms with Gasteiger partial charge in [-0.2, -0.15) is 0 Å². The number of benzene rings is 1. The fourth-order valence-electron chi connectivity index (χ4n) is 2.89. The van der Waals surface area contributed by atoms with Gasteiger partial charge in [0.2, 0.25) is 5.78 Å². The topological polar surface area (TPSA) is 70.4 Å². The molecular weight excluding hydrogens is 364 g/mol. The zero-order valence-corrected chi connectivity index (χ0v) is 16.4. The number of aryl methyl sites for hydroxylation is 1. The Morgan fingerprint density at radius 1 is 1.19 bits per heavy atom. The van der Waals surface area contributed by atoms with Crippen LogP contribution in [0.3, 0.4) is 0 Å². The van der Waals surface area contributed by atoms with Crippen LogP contribution >= 0.6 is 11.3 Å². The van der Waals surface area contributed by atoms with Crippen LogP contribution in [-0.4, -0.2) is 34.8 Å². The summed E-state index contributed by atoms with van der Waals surface area (Å²) in [5.74, 6) is 0.641. The lowest BCUT2D eigenvalue weighted by molar-refractivity contribution is 0.0917. The van der Waals surface area contributed by atoms with Crippen molar-refractivity contribution in [3.8, 4) is 16.6 Å². The summed E-state index contributed by atoms with van der Waals surface area (Å²) in [6.45, 7) is 5.19. The second kappa shape index (κ2) is 7.75. The minimum atomic E-state index is -0.136. The van der Waals surface area contributed by atoms with Crippen molar-refractivity contribution in [3.63, 3.8) is 0 Å². The van der Waals surface area contributed by atoms with Crippen LogP contribution in [-0.2, 0) is 0 Å². The molecule has 0 fully saturated rings. The molecule has 0 unspecified atom stereocenters. The van der Waals surface area contributed by atoms with Crippen LogP contribution in [0.1, 0.15) is 39.0 Å². The van der Waals surface area contributed by atoms with E-state index in [4.69, 9.17) is 9.47 Å². The predicted octanol–water partition coefficient (Wildman–Crippen LogP) is 4.02. The molecule has 0 aliphatic carbocycles. The standard InChI is InChI=1S/C20H20N2O4S/c1-12-9-16(13(2)22(12)20-21-7-8-27-20)17(24)11-26-18-6-5-15(14(3)23)10-19(18)25-4/h5-10H,11H2,1-4H3. The lowest BCUT2D eigenvalue weighted by atomic mass is 10.1. The third-order valence-electron chi connectivity index (χ3n) is 4.27.